The van der Waals surface area contributed by atoms with Crippen molar-refractivity contribution in [2.75, 3.05) is 0 Å². The van der Waals surface area contributed by atoms with E-state index in [1.165, 1.54) is 19.2 Å². The van der Waals surface area contributed by atoms with Gasteiger partial charge in [0.15, 0.2) is 0 Å². The molecule has 8 aromatic carbocycles. The van der Waals surface area contributed by atoms with Crippen LogP contribution in [-0.2, 0) is 10.8 Å². The van der Waals surface area contributed by atoms with E-state index in [2.05, 4.69) is 69.2 Å². The van der Waals surface area contributed by atoms with Gasteiger partial charge in [-0.15, -0.1) is 60.0 Å². The molecule has 4 aromatic heterocycles. The highest BCUT2D eigenvalue weighted by Crippen LogP contribution is 2.56. The van der Waals surface area contributed by atoms with Crippen molar-refractivity contribution in [1.29, 1.82) is 0 Å². The highest BCUT2D eigenvalue weighted by atomic mass is 16.3. The molecule has 0 fully saturated rings. The van der Waals surface area contributed by atoms with Gasteiger partial charge in [-0.2, -0.15) is 0 Å². The molecule has 16 nitrogen and oxygen atoms in total. The van der Waals surface area contributed by atoms with Gasteiger partial charge < -0.3 is 20.4 Å². The van der Waals surface area contributed by atoms with Crippen molar-refractivity contribution in [2.24, 2.45) is 10.8 Å². The first-order valence-electron chi connectivity index (χ1n) is 28.5. The minimum absolute atomic E-state index is 0.160. The molecule has 0 unspecified atom stereocenters. The van der Waals surface area contributed by atoms with Gasteiger partial charge in [-0.25, -0.2) is 0 Å². The summed E-state index contributed by atoms with van der Waals surface area (Å²) in [5.41, 5.74) is 9.12. The molecule has 84 heavy (non-hydrogen) atoms. The lowest BCUT2D eigenvalue weighted by atomic mass is 9.67. The normalized spacial score (nSPS) is 12.8. The Morgan fingerprint density at radius 2 is 0.536 bits per heavy atom. The van der Waals surface area contributed by atoms with Crippen LogP contribution in [-0.4, -0.2) is 80.4 Å². The second-order valence-corrected chi connectivity index (χ2v) is 26.4. The smallest absolute Gasteiger partial charge is 0.146 e. The van der Waals surface area contributed by atoms with Gasteiger partial charge in [0.2, 0.25) is 0 Å². The summed E-state index contributed by atoms with van der Waals surface area (Å²) < 4.78 is 0. The number of fused-ring (bicyclic) bond motifs is 4. The fourth-order valence-corrected chi connectivity index (χ4v) is 13.0. The van der Waals surface area contributed by atoms with E-state index in [0.29, 0.717) is 66.4 Å². The van der Waals surface area contributed by atoms with Crippen LogP contribution in [0.15, 0.2) is 146 Å². The van der Waals surface area contributed by atoms with Gasteiger partial charge in [0.05, 0.1) is 0 Å². The number of hydrogen-bond donors (Lipinski definition) is 4. The van der Waals surface area contributed by atoms with E-state index in [-0.39, 0.29) is 56.6 Å². The number of aromatic nitrogens is 12. The van der Waals surface area contributed by atoms with E-state index in [1.54, 1.807) is 0 Å². The fourth-order valence-electron chi connectivity index (χ4n) is 13.0. The predicted molar refractivity (Wildman–Crippen MR) is 329 cm³/mol. The van der Waals surface area contributed by atoms with Gasteiger partial charge in [0, 0.05) is 34.1 Å². The van der Waals surface area contributed by atoms with Crippen molar-refractivity contribution in [3.63, 3.8) is 0 Å². The van der Waals surface area contributed by atoms with Crippen LogP contribution >= 0.6 is 0 Å². The first-order valence-corrected chi connectivity index (χ1v) is 28.5. The Labute approximate surface area is 487 Å². The highest BCUT2D eigenvalue weighted by Gasteiger charge is 2.42. The third kappa shape index (κ3) is 10.2. The molecule has 0 bridgehead atoms. The zero-order chi connectivity index (χ0) is 59.4. The zero-order valence-corrected chi connectivity index (χ0v) is 49.6. The number of phenolic OH excluding ortho intramolecular Hbond substituents is 4. The number of aryl methyl sites for hydroxylation is 2. The molecule has 0 saturated carbocycles. The first kappa shape index (κ1) is 55.1. The van der Waals surface area contributed by atoms with Crippen molar-refractivity contribution >= 4 is 44.1 Å². The Balaban J connectivity index is 1.26. The minimum atomic E-state index is -1.20. The molecular weight excluding hydrogens is 1050 g/mol. The summed E-state index contributed by atoms with van der Waals surface area (Å²) in [6.07, 6.45) is 1.44. The standard InChI is InChI=1S/C68H70N12O4/c1-39-29-43(61(81)55(31-39)77-69-47-21-13-14-22-48(47)70-77)59(44-30-40(2)32-56(62(44)82)78-71-49-23-15-16-24-50(49)72-78)60(45-33-41(67(9,10)37-65(3,4)5)35-57(63(45)83)79-73-51-25-17-18-26-52(51)74-79)46-34-42(68(11,12)38-66(6,7)8)36-58(64(46)84)80-75-53-27-19-20-28-54(53)76-80/h13-36,59-60,81-84H,37-38H2,1-12H3. The summed E-state index contributed by atoms with van der Waals surface area (Å²) in [6.45, 7) is 25.9. The van der Waals surface area contributed by atoms with Gasteiger partial charge in [-0.1, -0.05) is 142 Å². The molecule has 0 aliphatic rings. The van der Waals surface area contributed by atoms with E-state index >= 15 is 0 Å². The second-order valence-electron chi connectivity index (χ2n) is 26.4. The summed E-state index contributed by atoms with van der Waals surface area (Å²) in [7, 11) is 0. The highest BCUT2D eigenvalue weighted by molar-refractivity contribution is 5.78. The summed E-state index contributed by atoms with van der Waals surface area (Å²) in [4.78, 5) is 5.82. The van der Waals surface area contributed by atoms with E-state index in [0.717, 1.165) is 35.1 Å². The molecule has 0 atom stereocenters. The van der Waals surface area contributed by atoms with Gasteiger partial charge in [0.25, 0.3) is 0 Å². The molecule has 0 saturated heterocycles. The molecule has 4 heterocycles. The van der Waals surface area contributed by atoms with E-state index in [9.17, 15) is 20.4 Å². The molecule has 0 aliphatic carbocycles. The van der Waals surface area contributed by atoms with Crippen LogP contribution in [0.4, 0.5) is 0 Å². The summed E-state index contributed by atoms with van der Waals surface area (Å²) in [5.74, 6) is -3.18. The Hall–Kier alpha value is -9.44. The molecule has 426 valence electrons. The van der Waals surface area contributed by atoms with E-state index in [1.807, 2.05) is 159 Å². The lowest BCUT2D eigenvalue weighted by Crippen LogP contribution is -2.27. The van der Waals surface area contributed by atoms with Gasteiger partial charge in [0.1, 0.15) is 89.9 Å². The molecule has 12 rings (SSSR count). The van der Waals surface area contributed by atoms with Crippen molar-refractivity contribution in [3.05, 3.63) is 190 Å². The second kappa shape index (κ2) is 20.2. The number of hydrogen-bond acceptors (Lipinski definition) is 12. The minimum Gasteiger partial charge on any atom is -0.505 e. The molecule has 0 radical (unpaired) electrons. The molecule has 0 aliphatic heterocycles. The van der Waals surface area contributed by atoms with Crippen molar-refractivity contribution < 1.29 is 20.4 Å². The summed E-state index contributed by atoms with van der Waals surface area (Å²) in [5, 5.41) is 94.1. The molecular formula is C68H70N12O4. The van der Waals surface area contributed by atoms with Gasteiger partial charge in [-0.3, -0.25) is 0 Å². The predicted octanol–water partition coefficient (Wildman–Crippen LogP) is 14.5. The van der Waals surface area contributed by atoms with Crippen LogP contribution in [0, 0.1) is 24.7 Å². The number of rotatable bonds is 13. The Bertz CT molecular complexity index is 4110. The van der Waals surface area contributed by atoms with E-state index in [4.69, 9.17) is 40.8 Å². The van der Waals surface area contributed by atoms with Crippen LogP contribution < -0.4 is 0 Å². The molecule has 0 spiro atoms. The van der Waals surface area contributed by atoms with Crippen LogP contribution in [0.2, 0.25) is 0 Å². The number of phenols is 4. The van der Waals surface area contributed by atoms with E-state index < -0.39 is 22.7 Å². The Kier molecular flexibility index (Phi) is 13.2. The van der Waals surface area contributed by atoms with Crippen LogP contribution in [0.3, 0.4) is 0 Å². The number of benzene rings is 8. The average Bonchev–Trinajstić information content (AvgIpc) is 1.07. The third-order valence-corrected chi connectivity index (χ3v) is 16.0. The van der Waals surface area contributed by atoms with Crippen molar-refractivity contribution in [3.8, 4) is 45.7 Å². The number of nitrogens with zero attached hydrogens (tertiary/aromatic N) is 12. The van der Waals surface area contributed by atoms with Crippen LogP contribution in [0.25, 0.3) is 66.9 Å². The maximum atomic E-state index is 13.8. The molecule has 4 N–H and O–H groups in total. The lowest BCUT2D eigenvalue weighted by Gasteiger charge is -2.37. The fraction of sp³-hybridized carbons (Fsp3) is 0.294. The Morgan fingerprint density at radius 3 is 0.762 bits per heavy atom. The maximum Gasteiger partial charge on any atom is 0.146 e. The zero-order valence-electron chi connectivity index (χ0n) is 49.6. The van der Waals surface area contributed by atoms with Crippen molar-refractivity contribution in [1.82, 2.24) is 60.0 Å². The largest absolute Gasteiger partial charge is 0.505 e. The van der Waals surface area contributed by atoms with Gasteiger partial charge in [-0.05, 0) is 143 Å². The quantitative estimate of drug-likeness (QED) is 0.0852. The van der Waals surface area contributed by atoms with Crippen LogP contribution in [0.5, 0.6) is 23.0 Å². The monoisotopic (exact) mass is 1120 g/mol. The molecule has 12 aromatic rings. The topological polar surface area (TPSA) is 204 Å². The first-order chi connectivity index (χ1) is 39.8. The Morgan fingerprint density at radius 1 is 0.321 bits per heavy atom. The SMILES string of the molecule is Cc1cc(C(c2cc(C)cc(-n3nc4ccccc4n3)c2O)C(c2cc(C(C)(C)CC(C)(C)C)cc(-n3nc4ccccc4n3)c2O)c2cc(C(C)(C)CC(C)(C)C)cc(-n3nc4ccccc4n3)c2O)c(O)c(-n2nc3ccccc3n2)c1. The maximum absolute atomic E-state index is 13.8. The lowest BCUT2D eigenvalue weighted by molar-refractivity contribution is 0.283. The average molecular weight is 1120 g/mol. The molecule has 16 heteroatoms. The molecule has 0 amide bonds. The third-order valence-electron chi connectivity index (χ3n) is 16.0. The summed E-state index contributed by atoms with van der Waals surface area (Å²) in [6, 6.07) is 45.5. The number of aromatic hydroxyl groups is 4. The van der Waals surface area contributed by atoms with Gasteiger partial charge >= 0.3 is 0 Å². The van der Waals surface area contributed by atoms with Crippen LogP contribution in [0.1, 0.15) is 138 Å². The summed E-state index contributed by atoms with van der Waals surface area (Å²) >= 11 is 0. The van der Waals surface area contributed by atoms with Crippen molar-refractivity contribution in [2.45, 2.75) is 119 Å².